The predicted molar refractivity (Wildman–Crippen MR) is 83.6 cm³/mol. The van der Waals surface area contributed by atoms with Crippen molar-refractivity contribution in [3.8, 4) is 0 Å². The summed E-state index contributed by atoms with van der Waals surface area (Å²) in [6.45, 7) is 2.62. The number of allylic oxidation sites excluding steroid dienone is 3. The van der Waals surface area contributed by atoms with Crippen LogP contribution in [0.4, 0.5) is 0 Å². The number of rotatable bonds is 1. The third-order valence-corrected chi connectivity index (χ3v) is 7.62. The Bertz CT molecular complexity index is 494. The second-order valence-electron chi connectivity index (χ2n) is 8.16. The summed E-state index contributed by atoms with van der Waals surface area (Å²) in [7, 11) is 0. The van der Waals surface area contributed by atoms with E-state index in [2.05, 4.69) is 25.2 Å². The first-order chi connectivity index (χ1) is 10.1. The van der Waals surface area contributed by atoms with E-state index < -0.39 is 0 Å². The average Bonchev–Trinajstić information content (AvgIpc) is 2.82. The van der Waals surface area contributed by atoms with Gasteiger partial charge in [-0.15, -0.1) is 0 Å². The molecule has 2 heteroatoms. The van der Waals surface area contributed by atoms with Crippen molar-refractivity contribution < 1.29 is 10.2 Å². The monoisotopic (exact) mass is 288 g/mol. The molecule has 0 aliphatic heterocycles. The molecule has 0 aromatic heterocycles. The van der Waals surface area contributed by atoms with Crippen molar-refractivity contribution in [2.75, 3.05) is 6.61 Å². The van der Waals surface area contributed by atoms with Gasteiger partial charge in [0.1, 0.15) is 0 Å². The van der Waals surface area contributed by atoms with Gasteiger partial charge in [0.25, 0.3) is 0 Å². The number of aliphatic hydroxyl groups excluding tert-OH is 2. The molecule has 4 rings (SSSR count). The van der Waals surface area contributed by atoms with Crippen molar-refractivity contribution in [2.45, 2.75) is 58.0 Å². The van der Waals surface area contributed by atoms with Crippen LogP contribution in [0.2, 0.25) is 0 Å². The van der Waals surface area contributed by atoms with Gasteiger partial charge in [0, 0.05) is 5.41 Å². The molecular formula is C19H28O2. The predicted octanol–water partition coefficient (Wildman–Crippen LogP) is 3.45. The van der Waals surface area contributed by atoms with Crippen molar-refractivity contribution in [1.29, 1.82) is 0 Å². The lowest BCUT2D eigenvalue weighted by Crippen LogP contribution is -2.52. The minimum absolute atomic E-state index is 0.0204. The Labute approximate surface area is 127 Å². The molecule has 0 saturated heterocycles. The summed E-state index contributed by atoms with van der Waals surface area (Å²) in [6.07, 6.45) is 14.7. The molecule has 6 atom stereocenters. The van der Waals surface area contributed by atoms with Crippen LogP contribution in [0, 0.1) is 28.6 Å². The molecule has 0 aromatic carbocycles. The molecule has 0 unspecified atom stereocenters. The SMILES string of the molecule is C[C@]12CC[C@H]3[C@@H](CC=C4C=CCC[C@@]43CO)[C@@H]1CC[C@@H]2O. The molecule has 0 bridgehead atoms. The minimum Gasteiger partial charge on any atom is -0.395 e. The largest absolute Gasteiger partial charge is 0.395 e. The Hall–Kier alpha value is -0.600. The third-order valence-electron chi connectivity index (χ3n) is 7.62. The molecule has 4 aliphatic carbocycles. The standard InChI is InChI=1S/C19H28O2/c1-18-11-9-16-14(15(18)7-8-17(18)21)6-5-13-4-2-3-10-19(13,16)12-20/h2,4-5,14-17,20-21H,3,6-12H2,1H3/t14-,15-,16-,17-,18-,19+/m0/s1. The molecule has 0 heterocycles. The molecule has 0 spiro atoms. The van der Waals surface area contributed by atoms with Crippen LogP contribution >= 0.6 is 0 Å². The van der Waals surface area contributed by atoms with E-state index in [0.29, 0.717) is 24.4 Å². The molecule has 2 saturated carbocycles. The van der Waals surface area contributed by atoms with Crippen molar-refractivity contribution >= 4 is 0 Å². The summed E-state index contributed by atoms with van der Waals surface area (Å²) < 4.78 is 0. The Balaban J connectivity index is 1.74. The highest BCUT2D eigenvalue weighted by atomic mass is 16.3. The number of hydrogen-bond acceptors (Lipinski definition) is 2. The highest BCUT2D eigenvalue weighted by Gasteiger charge is 2.58. The quantitative estimate of drug-likeness (QED) is 0.776. The first kappa shape index (κ1) is 14.0. The van der Waals surface area contributed by atoms with Crippen LogP contribution in [0.5, 0.6) is 0 Å². The van der Waals surface area contributed by atoms with Crippen LogP contribution in [-0.2, 0) is 0 Å². The van der Waals surface area contributed by atoms with Crippen molar-refractivity contribution in [3.63, 3.8) is 0 Å². The molecule has 0 amide bonds. The lowest BCUT2D eigenvalue weighted by Gasteiger charge is -2.56. The van der Waals surface area contributed by atoms with E-state index in [0.717, 1.165) is 32.1 Å². The topological polar surface area (TPSA) is 40.5 Å². The van der Waals surface area contributed by atoms with Gasteiger partial charge in [-0.1, -0.05) is 25.2 Å². The zero-order valence-corrected chi connectivity index (χ0v) is 13.1. The van der Waals surface area contributed by atoms with E-state index in [4.69, 9.17) is 0 Å². The Morgan fingerprint density at radius 3 is 2.86 bits per heavy atom. The zero-order chi connectivity index (χ0) is 14.7. The molecule has 4 aliphatic rings. The van der Waals surface area contributed by atoms with Gasteiger partial charge >= 0.3 is 0 Å². The Kier molecular flexibility index (Phi) is 3.14. The molecule has 116 valence electrons. The maximum atomic E-state index is 10.5. The highest BCUT2D eigenvalue weighted by molar-refractivity contribution is 5.35. The number of aliphatic hydroxyl groups is 2. The van der Waals surface area contributed by atoms with Crippen LogP contribution in [0.1, 0.15) is 51.9 Å². The molecular weight excluding hydrogens is 260 g/mol. The lowest BCUT2D eigenvalue weighted by atomic mass is 9.48. The fourth-order valence-electron chi connectivity index (χ4n) is 6.36. The van der Waals surface area contributed by atoms with E-state index in [-0.39, 0.29) is 16.9 Å². The summed E-state index contributed by atoms with van der Waals surface area (Å²) in [5.41, 5.74) is 1.56. The third kappa shape index (κ3) is 1.72. The molecule has 2 nitrogen and oxygen atoms in total. The minimum atomic E-state index is -0.106. The second-order valence-corrected chi connectivity index (χ2v) is 8.16. The van der Waals surface area contributed by atoms with Crippen LogP contribution < -0.4 is 0 Å². The zero-order valence-electron chi connectivity index (χ0n) is 13.1. The summed E-state index contributed by atoms with van der Waals surface area (Å²) in [6, 6.07) is 0. The van der Waals surface area contributed by atoms with Crippen molar-refractivity contribution in [2.24, 2.45) is 28.6 Å². The van der Waals surface area contributed by atoms with Gasteiger partial charge in [-0.05, 0) is 73.7 Å². The van der Waals surface area contributed by atoms with Gasteiger partial charge in [-0.25, -0.2) is 0 Å². The maximum absolute atomic E-state index is 10.5. The van der Waals surface area contributed by atoms with Crippen molar-refractivity contribution in [3.05, 3.63) is 23.8 Å². The van der Waals surface area contributed by atoms with Gasteiger partial charge in [0.05, 0.1) is 12.7 Å². The van der Waals surface area contributed by atoms with E-state index in [1.807, 2.05) is 0 Å². The molecule has 0 aromatic rings. The van der Waals surface area contributed by atoms with Gasteiger partial charge < -0.3 is 10.2 Å². The summed E-state index contributed by atoms with van der Waals surface area (Å²) in [5.74, 6) is 1.94. The molecule has 2 fully saturated rings. The molecule has 2 N–H and O–H groups in total. The average molecular weight is 288 g/mol. The first-order valence-electron chi connectivity index (χ1n) is 8.78. The summed E-state index contributed by atoms with van der Waals surface area (Å²) >= 11 is 0. The van der Waals surface area contributed by atoms with Crippen LogP contribution in [0.25, 0.3) is 0 Å². The maximum Gasteiger partial charge on any atom is 0.0596 e. The van der Waals surface area contributed by atoms with Gasteiger partial charge in [0.15, 0.2) is 0 Å². The number of fused-ring (bicyclic) bond motifs is 5. The smallest absolute Gasteiger partial charge is 0.0596 e. The van der Waals surface area contributed by atoms with Crippen LogP contribution in [0.3, 0.4) is 0 Å². The summed E-state index contributed by atoms with van der Waals surface area (Å²) in [5, 5.41) is 20.7. The van der Waals surface area contributed by atoms with Crippen LogP contribution in [0.15, 0.2) is 23.8 Å². The summed E-state index contributed by atoms with van der Waals surface area (Å²) in [4.78, 5) is 0. The van der Waals surface area contributed by atoms with Crippen molar-refractivity contribution in [1.82, 2.24) is 0 Å². The first-order valence-corrected chi connectivity index (χ1v) is 8.78. The van der Waals surface area contributed by atoms with Gasteiger partial charge in [-0.3, -0.25) is 0 Å². The molecule has 0 radical (unpaired) electrons. The fourth-order valence-corrected chi connectivity index (χ4v) is 6.36. The Morgan fingerprint density at radius 1 is 1.19 bits per heavy atom. The van der Waals surface area contributed by atoms with E-state index in [1.165, 1.54) is 18.4 Å². The van der Waals surface area contributed by atoms with E-state index in [1.54, 1.807) is 0 Å². The van der Waals surface area contributed by atoms with Gasteiger partial charge in [0.2, 0.25) is 0 Å². The van der Waals surface area contributed by atoms with E-state index in [9.17, 15) is 10.2 Å². The Morgan fingerprint density at radius 2 is 2.05 bits per heavy atom. The second kappa shape index (κ2) is 4.70. The highest BCUT2D eigenvalue weighted by Crippen LogP contribution is 2.64. The lowest BCUT2D eigenvalue weighted by molar-refractivity contribution is -0.0776. The van der Waals surface area contributed by atoms with Gasteiger partial charge in [-0.2, -0.15) is 0 Å². The number of hydrogen-bond donors (Lipinski definition) is 2. The van der Waals surface area contributed by atoms with E-state index >= 15 is 0 Å². The fraction of sp³-hybridized carbons (Fsp3) is 0.789. The normalized spacial score (nSPS) is 51.9. The molecule has 21 heavy (non-hydrogen) atoms. The van der Waals surface area contributed by atoms with Crippen LogP contribution in [-0.4, -0.2) is 22.9 Å².